The summed E-state index contributed by atoms with van der Waals surface area (Å²) in [5, 5.41) is 11.4. The smallest absolute Gasteiger partial charge is 0.380 e. The molecule has 2 N–H and O–H groups in total. The average Bonchev–Trinajstić information content (AvgIpc) is 3.01. The second-order valence-corrected chi connectivity index (χ2v) is 8.22. The van der Waals surface area contributed by atoms with Gasteiger partial charge in [-0.2, -0.15) is 26.3 Å². The van der Waals surface area contributed by atoms with Gasteiger partial charge in [-0.3, -0.25) is 0 Å². The maximum Gasteiger partial charge on any atom is 0.417 e. The van der Waals surface area contributed by atoms with Gasteiger partial charge in [0.15, 0.2) is 5.60 Å². The first-order valence-corrected chi connectivity index (χ1v) is 9.25. The average molecular weight is 429 g/mol. The van der Waals surface area contributed by atoms with Crippen LogP contribution in [0.3, 0.4) is 0 Å². The van der Waals surface area contributed by atoms with Gasteiger partial charge in [0.1, 0.15) is 0 Å². The Labute approximate surface area is 169 Å². The second-order valence-electron chi connectivity index (χ2n) is 8.22. The summed E-state index contributed by atoms with van der Waals surface area (Å²) in [7, 11) is 0. The number of aromatic amines is 1. The molecule has 3 aromatic rings. The number of rotatable bonds is 5. The molecule has 0 aliphatic rings. The van der Waals surface area contributed by atoms with Gasteiger partial charge in [0, 0.05) is 17.6 Å². The molecule has 8 heteroatoms. The summed E-state index contributed by atoms with van der Waals surface area (Å²) >= 11 is 0. The zero-order valence-corrected chi connectivity index (χ0v) is 16.3. The van der Waals surface area contributed by atoms with Crippen molar-refractivity contribution >= 4 is 10.9 Å². The van der Waals surface area contributed by atoms with E-state index in [2.05, 4.69) is 4.98 Å². The minimum Gasteiger partial charge on any atom is -0.380 e. The summed E-state index contributed by atoms with van der Waals surface area (Å²) in [6, 6.07) is 12.5. The number of hydrogen-bond donors (Lipinski definition) is 2. The van der Waals surface area contributed by atoms with Crippen LogP contribution in [0.5, 0.6) is 0 Å². The maximum atomic E-state index is 13.9. The van der Waals surface area contributed by atoms with Crippen LogP contribution in [0.2, 0.25) is 0 Å². The maximum absolute atomic E-state index is 13.9. The fourth-order valence-corrected chi connectivity index (χ4v) is 3.75. The molecule has 3 rings (SSSR count). The fraction of sp³-hybridized carbons (Fsp3) is 0.364. The van der Waals surface area contributed by atoms with E-state index in [1.807, 2.05) is 0 Å². The zero-order chi connectivity index (χ0) is 22.4. The minimum atomic E-state index is -4.94. The lowest BCUT2D eigenvalue weighted by Crippen LogP contribution is -2.50. The quantitative estimate of drug-likeness (QED) is 0.453. The van der Waals surface area contributed by atoms with Crippen LogP contribution in [0.4, 0.5) is 26.3 Å². The van der Waals surface area contributed by atoms with Gasteiger partial charge in [0.2, 0.25) is 0 Å². The van der Waals surface area contributed by atoms with Crippen LogP contribution in [0.25, 0.3) is 10.9 Å². The van der Waals surface area contributed by atoms with Crippen molar-refractivity contribution in [3.05, 3.63) is 71.4 Å². The van der Waals surface area contributed by atoms with Crippen molar-refractivity contribution < 1.29 is 31.4 Å². The number of benzene rings is 2. The molecular weight excluding hydrogens is 408 g/mol. The van der Waals surface area contributed by atoms with Crippen LogP contribution in [-0.4, -0.2) is 21.9 Å². The van der Waals surface area contributed by atoms with E-state index in [4.69, 9.17) is 0 Å². The highest BCUT2D eigenvalue weighted by Gasteiger charge is 2.56. The topological polar surface area (TPSA) is 36.0 Å². The second kappa shape index (κ2) is 7.34. The Morgan fingerprint density at radius 3 is 1.93 bits per heavy atom. The van der Waals surface area contributed by atoms with E-state index in [0.717, 1.165) is 29.7 Å². The number of H-pyrrole nitrogens is 1. The van der Waals surface area contributed by atoms with E-state index >= 15 is 0 Å². The van der Waals surface area contributed by atoms with Crippen LogP contribution in [0, 0.1) is 0 Å². The lowest BCUT2D eigenvalue weighted by molar-refractivity contribution is -0.266. The lowest BCUT2D eigenvalue weighted by Gasteiger charge is -2.38. The molecule has 1 heterocycles. The molecule has 0 fully saturated rings. The SMILES string of the molecule is CC(C)(CC(O)(Cc1cc2ccccc2[nH]1)C(F)(F)F)c1ccc(C(F)(F)F)cc1. The van der Waals surface area contributed by atoms with Crippen molar-refractivity contribution in [3.63, 3.8) is 0 Å². The van der Waals surface area contributed by atoms with Crippen LogP contribution in [-0.2, 0) is 18.0 Å². The Morgan fingerprint density at radius 2 is 1.40 bits per heavy atom. The van der Waals surface area contributed by atoms with Crippen molar-refractivity contribution in [2.24, 2.45) is 0 Å². The summed E-state index contributed by atoms with van der Waals surface area (Å²) < 4.78 is 80.0. The van der Waals surface area contributed by atoms with Gasteiger partial charge in [-0.05, 0) is 47.1 Å². The number of aromatic nitrogens is 1. The highest BCUT2D eigenvalue weighted by atomic mass is 19.4. The molecule has 0 amide bonds. The normalized spacial score (nSPS) is 15.4. The molecule has 0 bridgehead atoms. The first kappa shape index (κ1) is 22.2. The van der Waals surface area contributed by atoms with Gasteiger partial charge < -0.3 is 10.1 Å². The molecule has 1 aromatic heterocycles. The van der Waals surface area contributed by atoms with Crippen molar-refractivity contribution in [1.29, 1.82) is 0 Å². The number of hydrogen-bond acceptors (Lipinski definition) is 1. The summed E-state index contributed by atoms with van der Waals surface area (Å²) in [6.07, 6.45) is -10.9. The molecule has 1 atom stereocenters. The molecule has 2 aromatic carbocycles. The molecule has 0 spiro atoms. The minimum absolute atomic E-state index is 0.222. The molecule has 1 unspecified atom stereocenters. The number of aliphatic hydroxyl groups is 1. The number of fused-ring (bicyclic) bond motifs is 1. The largest absolute Gasteiger partial charge is 0.417 e. The summed E-state index contributed by atoms with van der Waals surface area (Å²) in [5.41, 5.74) is -4.04. The Hall–Kier alpha value is -2.48. The zero-order valence-electron chi connectivity index (χ0n) is 16.3. The van der Waals surface area contributed by atoms with Gasteiger partial charge >= 0.3 is 12.4 Å². The molecule has 162 valence electrons. The van der Waals surface area contributed by atoms with E-state index in [1.165, 1.54) is 13.8 Å². The Bertz CT molecular complexity index is 984. The van der Waals surface area contributed by atoms with Crippen molar-refractivity contribution in [2.75, 3.05) is 0 Å². The van der Waals surface area contributed by atoms with E-state index in [0.29, 0.717) is 5.52 Å². The van der Waals surface area contributed by atoms with E-state index < -0.39 is 41.8 Å². The predicted octanol–water partition coefficient (Wildman–Crippen LogP) is 6.39. The van der Waals surface area contributed by atoms with E-state index in [-0.39, 0.29) is 11.3 Å². The third-order valence-electron chi connectivity index (χ3n) is 5.32. The Kier molecular flexibility index (Phi) is 5.43. The van der Waals surface area contributed by atoms with Gasteiger partial charge in [0.25, 0.3) is 0 Å². The van der Waals surface area contributed by atoms with Gasteiger partial charge in [0.05, 0.1) is 5.56 Å². The fourth-order valence-electron chi connectivity index (χ4n) is 3.75. The summed E-state index contributed by atoms with van der Waals surface area (Å²) in [5.74, 6) is 0. The van der Waals surface area contributed by atoms with Crippen molar-refractivity contribution in [1.82, 2.24) is 4.98 Å². The van der Waals surface area contributed by atoms with Crippen LogP contribution >= 0.6 is 0 Å². The van der Waals surface area contributed by atoms with Crippen molar-refractivity contribution in [2.45, 2.75) is 50.1 Å². The molecular formula is C22H21F6NO. The molecule has 0 saturated carbocycles. The third kappa shape index (κ3) is 4.48. The number of halogens is 6. The van der Waals surface area contributed by atoms with Crippen molar-refractivity contribution in [3.8, 4) is 0 Å². The highest BCUT2D eigenvalue weighted by Crippen LogP contribution is 2.43. The first-order chi connectivity index (χ1) is 13.7. The van der Waals surface area contributed by atoms with E-state index in [1.54, 1.807) is 30.3 Å². The summed E-state index contributed by atoms with van der Waals surface area (Å²) in [6.45, 7) is 2.94. The standard InChI is InChI=1S/C22H21F6NO/c1-19(2,15-7-9-16(10-8-15)21(23,24)25)13-20(30,22(26,27)28)12-17-11-14-5-3-4-6-18(14)29-17/h3-11,29-30H,12-13H2,1-2H3. The molecule has 0 radical (unpaired) electrons. The number of para-hydroxylation sites is 1. The van der Waals surface area contributed by atoms with Gasteiger partial charge in [-0.25, -0.2) is 0 Å². The van der Waals surface area contributed by atoms with Gasteiger partial charge in [-0.1, -0.05) is 44.2 Å². The van der Waals surface area contributed by atoms with E-state index in [9.17, 15) is 31.4 Å². The van der Waals surface area contributed by atoms with Crippen LogP contribution < -0.4 is 0 Å². The molecule has 0 aliphatic carbocycles. The molecule has 30 heavy (non-hydrogen) atoms. The highest BCUT2D eigenvalue weighted by molar-refractivity contribution is 5.80. The van der Waals surface area contributed by atoms with Crippen LogP contribution in [0.15, 0.2) is 54.6 Å². The number of alkyl halides is 6. The predicted molar refractivity (Wildman–Crippen MR) is 102 cm³/mol. The lowest BCUT2D eigenvalue weighted by atomic mass is 9.73. The summed E-state index contributed by atoms with van der Waals surface area (Å²) in [4.78, 5) is 2.89. The monoisotopic (exact) mass is 429 g/mol. The molecule has 0 aliphatic heterocycles. The third-order valence-corrected chi connectivity index (χ3v) is 5.32. The molecule has 0 saturated heterocycles. The first-order valence-electron chi connectivity index (χ1n) is 9.25. The number of nitrogens with one attached hydrogen (secondary N) is 1. The Morgan fingerprint density at radius 1 is 0.833 bits per heavy atom. The molecule has 2 nitrogen and oxygen atoms in total. The van der Waals surface area contributed by atoms with Crippen LogP contribution in [0.1, 0.15) is 37.1 Å². The van der Waals surface area contributed by atoms with Gasteiger partial charge in [-0.15, -0.1) is 0 Å². The Balaban J connectivity index is 1.91.